The zero-order chi connectivity index (χ0) is 14.5. The molecule has 0 spiro atoms. The zero-order valence-electron chi connectivity index (χ0n) is 12.2. The average Bonchev–Trinajstić information content (AvgIpc) is 2.45. The van der Waals surface area contributed by atoms with Gasteiger partial charge in [-0.2, -0.15) is 0 Å². The van der Waals surface area contributed by atoms with Crippen LogP contribution in [0.3, 0.4) is 0 Å². The normalized spacial score (nSPS) is 22.9. The molecule has 4 heteroatoms. The molecule has 0 aliphatic carbocycles. The van der Waals surface area contributed by atoms with Crippen LogP contribution >= 0.6 is 0 Å². The van der Waals surface area contributed by atoms with Crippen LogP contribution in [0.4, 0.5) is 4.79 Å². The minimum atomic E-state index is -0.530. The van der Waals surface area contributed by atoms with Crippen LogP contribution < -0.4 is 0 Å². The van der Waals surface area contributed by atoms with Crippen molar-refractivity contribution in [1.82, 2.24) is 4.90 Å². The second kappa shape index (κ2) is 6.75. The van der Waals surface area contributed by atoms with E-state index in [0.29, 0.717) is 25.5 Å². The minimum absolute atomic E-state index is 0.301. The first kappa shape index (κ1) is 14.9. The maximum absolute atomic E-state index is 12.2. The maximum atomic E-state index is 12.2. The summed E-state index contributed by atoms with van der Waals surface area (Å²) in [5.41, 5.74) is 0.959. The van der Waals surface area contributed by atoms with Gasteiger partial charge in [-0.05, 0) is 24.3 Å². The van der Waals surface area contributed by atoms with E-state index in [1.807, 2.05) is 44.2 Å². The summed E-state index contributed by atoms with van der Waals surface area (Å²) in [7, 11) is 0. The van der Waals surface area contributed by atoms with Crippen LogP contribution in [0.15, 0.2) is 30.3 Å². The Kier molecular flexibility index (Phi) is 5.01. The van der Waals surface area contributed by atoms with Gasteiger partial charge in [0.15, 0.2) is 0 Å². The van der Waals surface area contributed by atoms with Crippen LogP contribution in [0.1, 0.15) is 38.3 Å². The largest absolute Gasteiger partial charge is 0.449 e. The molecule has 0 saturated carbocycles. The fraction of sp³-hybridized carbons (Fsp3) is 0.562. The lowest BCUT2D eigenvalue weighted by molar-refractivity contribution is 0.00190. The van der Waals surface area contributed by atoms with E-state index < -0.39 is 6.10 Å². The van der Waals surface area contributed by atoms with E-state index in [1.165, 1.54) is 0 Å². The quantitative estimate of drug-likeness (QED) is 0.924. The van der Waals surface area contributed by atoms with Gasteiger partial charge in [0.25, 0.3) is 0 Å². The Morgan fingerprint density at radius 1 is 1.40 bits per heavy atom. The molecule has 0 radical (unpaired) electrons. The predicted octanol–water partition coefficient (Wildman–Crippen LogP) is 2.98. The van der Waals surface area contributed by atoms with E-state index in [-0.39, 0.29) is 12.1 Å². The Bertz CT molecular complexity index is 433. The van der Waals surface area contributed by atoms with E-state index in [0.717, 1.165) is 12.0 Å². The Hall–Kier alpha value is -1.55. The van der Waals surface area contributed by atoms with Gasteiger partial charge < -0.3 is 9.84 Å². The third-order valence-corrected chi connectivity index (χ3v) is 3.51. The van der Waals surface area contributed by atoms with Crippen molar-refractivity contribution >= 4 is 6.09 Å². The molecule has 0 bridgehead atoms. The van der Waals surface area contributed by atoms with Crippen molar-refractivity contribution in [2.24, 2.45) is 5.92 Å². The predicted molar refractivity (Wildman–Crippen MR) is 77.3 cm³/mol. The molecule has 2 rings (SSSR count). The Balaban J connectivity index is 2.14. The third-order valence-electron chi connectivity index (χ3n) is 3.51. The van der Waals surface area contributed by atoms with Crippen molar-refractivity contribution < 1.29 is 14.6 Å². The minimum Gasteiger partial charge on any atom is -0.449 e. The molecule has 1 heterocycles. The fourth-order valence-corrected chi connectivity index (χ4v) is 2.55. The molecule has 4 nitrogen and oxygen atoms in total. The first-order chi connectivity index (χ1) is 9.59. The van der Waals surface area contributed by atoms with Gasteiger partial charge in [-0.3, -0.25) is 4.90 Å². The number of rotatable bonds is 3. The highest BCUT2D eigenvalue weighted by atomic mass is 16.6. The molecule has 1 N–H and O–H groups in total. The molecular formula is C16H23NO3. The van der Waals surface area contributed by atoms with Crippen LogP contribution in [0.2, 0.25) is 0 Å². The SMILES string of the molecule is CC(C)COC(=O)N1CCCC(O)C1c1ccccc1. The average molecular weight is 277 g/mol. The molecule has 1 aliphatic heterocycles. The monoisotopic (exact) mass is 277 g/mol. The van der Waals surface area contributed by atoms with Crippen molar-refractivity contribution in [3.8, 4) is 0 Å². The van der Waals surface area contributed by atoms with Crippen LogP contribution in [-0.2, 0) is 4.74 Å². The summed E-state index contributed by atoms with van der Waals surface area (Å²) < 4.78 is 5.32. The third kappa shape index (κ3) is 3.51. The van der Waals surface area contributed by atoms with Crippen LogP contribution in [0, 0.1) is 5.92 Å². The number of carbonyl (C=O) groups is 1. The van der Waals surface area contributed by atoms with E-state index in [4.69, 9.17) is 4.74 Å². The fourth-order valence-electron chi connectivity index (χ4n) is 2.55. The summed E-state index contributed by atoms with van der Waals surface area (Å²) in [6.07, 6.45) is 0.665. The molecule has 1 fully saturated rings. The first-order valence-electron chi connectivity index (χ1n) is 7.26. The number of piperidine rings is 1. The second-order valence-electron chi connectivity index (χ2n) is 5.73. The Labute approximate surface area is 120 Å². The second-order valence-corrected chi connectivity index (χ2v) is 5.73. The summed E-state index contributed by atoms with van der Waals surface area (Å²) in [6.45, 7) is 5.06. The topological polar surface area (TPSA) is 49.8 Å². The highest BCUT2D eigenvalue weighted by Crippen LogP contribution is 2.31. The van der Waals surface area contributed by atoms with Crippen molar-refractivity contribution in [1.29, 1.82) is 0 Å². The number of likely N-dealkylation sites (tertiary alicyclic amines) is 1. The lowest BCUT2D eigenvalue weighted by Crippen LogP contribution is -2.45. The molecule has 1 aromatic rings. The van der Waals surface area contributed by atoms with Gasteiger partial charge in [-0.25, -0.2) is 4.79 Å². The van der Waals surface area contributed by atoms with E-state index >= 15 is 0 Å². The van der Waals surface area contributed by atoms with Gasteiger partial charge in [0, 0.05) is 6.54 Å². The van der Waals surface area contributed by atoms with Gasteiger partial charge in [-0.15, -0.1) is 0 Å². The van der Waals surface area contributed by atoms with E-state index in [9.17, 15) is 9.90 Å². The number of carbonyl (C=O) groups excluding carboxylic acids is 1. The molecule has 1 saturated heterocycles. The van der Waals surface area contributed by atoms with Crippen molar-refractivity contribution in [3.05, 3.63) is 35.9 Å². The van der Waals surface area contributed by atoms with E-state index in [1.54, 1.807) is 4.90 Å². The molecular weight excluding hydrogens is 254 g/mol. The van der Waals surface area contributed by atoms with E-state index in [2.05, 4.69) is 0 Å². The summed E-state index contributed by atoms with van der Waals surface area (Å²) >= 11 is 0. The molecule has 1 aliphatic rings. The number of benzene rings is 1. The first-order valence-corrected chi connectivity index (χ1v) is 7.26. The van der Waals surface area contributed by atoms with Crippen LogP contribution in [0.5, 0.6) is 0 Å². The number of aliphatic hydroxyl groups excluding tert-OH is 1. The van der Waals surface area contributed by atoms with Gasteiger partial charge in [0.1, 0.15) is 0 Å². The lowest BCUT2D eigenvalue weighted by atomic mass is 9.93. The number of nitrogens with zero attached hydrogens (tertiary/aromatic N) is 1. The van der Waals surface area contributed by atoms with Crippen molar-refractivity contribution in [2.75, 3.05) is 13.2 Å². The molecule has 20 heavy (non-hydrogen) atoms. The zero-order valence-corrected chi connectivity index (χ0v) is 12.2. The van der Waals surface area contributed by atoms with Crippen molar-refractivity contribution in [2.45, 2.75) is 38.8 Å². The number of aliphatic hydroxyl groups is 1. The van der Waals surface area contributed by atoms with Gasteiger partial charge >= 0.3 is 6.09 Å². The molecule has 110 valence electrons. The number of hydrogen-bond donors (Lipinski definition) is 1. The molecule has 2 unspecified atom stereocenters. The summed E-state index contributed by atoms with van der Waals surface area (Å²) in [4.78, 5) is 13.9. The number of amides is 1. The highest BCUT2D eigenvalue weighted by molar-refractivity contribution is 5.68. The molecule has 1 amide bonds. The summed E-state index contributed by atoms with van der Waals surface area (Å²) in [6, 6.07) is 9.37. The standard InChI is InChI=1S/C16H23NO3/c1-12(2)11-20-16(19)17-10-6-9-14(18)15(17)13-7-4-3-5-8-13/h3-5,7-8,12,14-15,18H,6,9-11H2,1-2H3. The van der Waals surface area contributed by atoms with Crippen LogP contribution in [0.25, 0.3) is 0 Å². The number of hydrogen-bond acceptors (Lipinski definition) is 3. The van der Waals surface area contributed by atoms with Crippen LogP contribution in [-0.4, -0.2) is 35.4 Å². The van der Waals surface area contributed by atoms with Gasteiger partial charge in [0.2, 0.25) is 0 Å². The smallest absolute Gasteiger partial charge is 0.410 e. The summed E-state index contributed by atoms with van der Waals surface area (Å²) in [5, 5.41) is 10.3. The maximum Gasteiger partial charge on any atom is 0.410 e. The Morgan fingerprint density at radius 2 is 2.10 bits per heavy atom. The molecule has 2 atom stereocenters. The van der Waals surface area contributed by atoms with Gasteiger partial charge in [0.05, 0.1) is 18.8 Å². The Morgan fingerprint density at radius 3 is 2.75 bits per heavy atom. The summed E-state index contributed by atoms with van der Waals surface area (Å²) in [5.74, 6) is 0.309. The number of ether oxygens (including phenoxy) is 1. The van der Waals surface area contributed by atoms with Crippen molar-refractivity contribution in [3.63, 3.8) is 0 Å². The van der Waals surface area contributed by atoms with Gasteiger partial charge in [-0.1, -0.05) is 44.2 Å². The highest BCUT2D eigenvalue weighted by Gasteiger charge is 2.35. The molecule has 0 aromatic heterocycles. The lowest BCUT2D eigenvalue weighted by Gasteiger charge is -2.38. The molecule has 1 aromatic carbocycles.